The Kier molecular flexibility index (Phi) is 26.7. The Bertz CT molecular complexity index is 1210. The van der Waals surface area contributed by atoms with Gasteiger partial charge in [0.1, 0.15) is 15.6 Å². The van der Waals surface area contributed by atoms with Crippen LogP contribution < -0.4 is 20.9 Å². The first kappa shape index (κ1) is 48.0. The van der Waals surface area contributed by atoms with Crippen LogP contribution >= 0.6 is 0 Å². The second-order valence-corrected chi connectivity index (χ2v) is 13.9. The SMILES string of the molecule is C=S(N)(=O)N(C)/C=C\C(C)C.CC.CC.CCNC.CNCCCN(C)C(=O)C1CCC(c2ccn(S(N)(=O)=O)c2C(=O)O)CC1. The summed E-state index contributed by atoms with van der Waals surface area (Å²) in [4.78, 5) is 25.9. The monoisotopic (exact) mass is 695 g/mol. The van der Waals surface area contributed by atoms with Gasteiger partial charge >= 0.3 is 16.2 Å². The molecule has 1 aromatic rings. The molecule has 1 amide bonds. The van der Waals surface area contributed by atoms with E-state index in [4.69, 9.17) is 10.3 Å². The Morgan fingerprint density at radius 1 is 1.07 bits per heavy atom. The molecule has 1 heterocycles. The number of nitrogens with zero attached hydrogens (tertiary/aromatic N) is 3. The van der Waals surface area contributed by atoms with Crippen LogP contribution in [0.4, 0.5) is 0 Å². The summed E-state index contributed by atoms with van der Waals surface area (Å²) in [5.74, 6) is 2.37. The molecule has 13 nitrogen and oxygen atoms in total. The van der Waals surface area contributed by atoms with Gasteiger partial charge in [0.05, 0.1) is 0 Å². The summed E-state index contributed by atoms with van der Waals surface area (Å²) in [6.45, 7) is 16.8. The zero-order valence-corrected chi connectivity index (χ0v) is 31.8. The normalized spacial score (nSPS) is 17.0. The first-order chi connectivity index (χ1) is 21.4. The molecule has 1 fully saturated rings. The summed E-state index contributed by atoms with van der Waals surface area (Å²) in [6.07, 6.45) is 8.25. The standard InChI is InChI=1S/C17H28N4O5S.C7H16N2OS.C3H9N.2C2H6/c1-19-9-3-10-20(2)16(22)13-6-4-12(5-7-13)14-8-11-21(27(18,25)26)15(14)17(23)24;1-7(2)5-6-9(3)11(4,8)10;1-3-4-2;2*1-2/h8,11-13,19H,3-7,9-10H2,1-2H3,(H,23,24)(H2,18,25,26);5-7H,4H2,1-3H3,(H2,8,10);4H,3H2,1-2H3;2*1-2H3/b;6-5-;;;. The lowest BCUT2D eigenvalue weighted by atomic mass is 9.78. The van der Waals surface area contributed by atoms with Crippen molar-refractivity contribution in [3.05, 3.63) is 35.8 Å². The van der Waals surface area contributed by atoms with Gasteiger partial charge in [0.15, 0.2) is 0 Å². The molecule has 7 N–H and O–H groups in total. The van der Waals surface area contributed by atoms with Crippen molar-refractivity contribution in [2.45, 2.75) is 86.5 Å². The molecular formula is C31H65N7O6S2. The third kappa shape index (κ3) is 19.3. The van der Waals surface area contributed by atoms with Crippen molar-refractivity contribution in [1.29, 1.82) is 0 Å². The van der Waals surface area contributed by atoms with Gasteiger partial charge in [-0.25, -0.2) is 23.3 Å². The number of carbonyl (C=O) groups excluding carboxylic acids is 1. The van der Waals surface area contributed by atoms with Crippen LogP contribution in [0.3, 0.4) is 0 Å². The lowest BCUT2D eigenvalue weighted by Crippen LogP contribution is -2.36. The molecule has 0 aromatic carbocycles. The third-order valence-electron chi connectivity index (χ3n) is 6.69. The minimum atomic E-state index is -4.17. The Hall–Kier alpha value is -2.43. The maximum atomic E-state index is 12.6. The number of allylic oxidation sites excluding steroid dienone is 1. The van der Waals surface area contributed by atoms with Crippen LogP contribution in [0.25, 0.3) is 0 Å². The second-order valence-electron chi connectivity index (χ2n) is 10.6. The van der Waals surface area contributed by atoms with Crippen molar-refractivity contribution in [3.8, 4) is 0 Å². The number of hydrogen-bond acceptors (Lipinski definition) is 7. The van der Waals surface area contributed by atoms with Gasteiger partial charge in [-0.05, 0) is 88.6 Å². The van der Waals surface area contributed by atoms with E-state index in [-0.39, 0.29) is 23.4 Å². The van der Waals surface area contributed by atoms with Crippen molar-refractivity contribution < 1.29 is 27.3 Å². The van der Waals surface area contributed by atoms with Crippen LogP contribution in [-0.2, 0) is 24.9 Å². The van der Waals surface area contributed by atoms with Gasteiger partial charge in [-0.2, -0.15) is 8.42 Å². The summed E-state index contributed by atoms with van der Waals surface area (Å²) in [5.41, 5.74) is 0.154. The number of amides is 1. The maximum Gasteiger partial charge on any atom is 0.353 e. The van der Waals surface area contributed by atoms with Gasteiger partial charge in [-0.3, -0.25) is 9.10 Å². The molecule has 0 bridgehead atoms. The Balaban J connectivity index is -0.000000807. The number of nitrogens with two attached hydrogens (primary N) is 2. The van der Waals surface area contributed by atoms with Crippen LogP contribution in [-0.4, -0.2) is 96.5 Å². The number of nitrogens with one attached hydrogen (secondary N) is 2. The van der Waals surface area contributed by atoms with E-state index in [0.29, 0.717) is 47.7 Å². The number of carbonyl (C=O) groups is 2. The average Bonchev–Trinajstić information content (AvgIpc) is 3.48. The molecule has 0 spiro atoms. The first-order valence-corrected chi connectivity index (χ1v) is 19.2. The van der Waals surface area contributed by atoms with E-state index in [1.807, 2.05) is 61.7 Å². The van der Waals surface area contributed by atoms with E-state index in [2.05, 4.69) is 23.4 Å². The van der Waals surface area contributed by atoms with Gasteiger partial charge in [0.2, 0.25) is 5.91 Å². The molecule has 2 rings (SSSR count). The zero-order chi connectivity index (χ0) is 36.7. The van der Waals surface area contributed by atoms with Crippen molar-refractivity contribution in [2.24, 2.45) is 22.1 Å². The molecule has 0 aliphatic heterocycles. The van der Waals surface area contributed by atoms with Crippen molar-refractivity contribution >= 4 is 37.9 Å². The number of hydrogen-bond donors (Lipinski definition) is 5. The summed E-state index contributed by atoms with van der Waals surface area (Å²) < 4.78 is 36.3. The zero-order valence-electron chi connectivity index (χ0n) is 30.2. The van der Waals surface area contributed by atoms with Gasteiger partial charge in [0.25, 0.3) is 0 Å². The Labute approximate surface area is 280 Å². The highest BCUT2D eigenvalue weighted by Crippen LogP contribution is 2.38. The first-order valence-electron chi connectivity index (χ1n) is 16.0. The van der Waals surface area contributed by atoms with Gasteiger partial charge in [-0.1, -0.05) is 54.5 Å². The van der Waals surface area contributed by atoms with E-state index >= 15 is 0 Å². The predicted octanol–water partition coefficient (Wildman–Crippen LogP) is 3.45. The lowest BCUT2D eigenvalue weighted by molar-refractivity contribution is -0.135. The third-order valence-corrected chi connectivity index (χ3v) is 8.64. The Morgan fingerprint density at radius 3 is 1.93 bits per heavy atom. The summed E-state index contributed by atoms with van der Waals surface area (Å²) in [5, 5.41) is 25.8. The largest absolute Gasteiger partial charge is 0.477 e. The molecule has 1 aliphatic carbocycles. The second kappa shape index (κ2) is 25.6. The van der Waals surface area contributed by atoms with Gasteiger partial charge in [0, 0.05) is 39.0 Å². The van der Waals surface area contributed by atoms with Crippen LogP contribution in [0.5, 0.6) is 0 Å². The fourth-order valence-corrected chi connectivity index (χ4v) is 5.10. The van der Waals surface area contributed by atoms with Crippen LogP contribution in [0, 0.1) is 11.8 Å². The summed E-state index contributed by atoms with van der Waals surface area (Å²) in [6, 6.07) is 1.50. The molecule has 1 unspecified atom stereocenters. The van der Waals surface area contributed by atoms with E-state index < -0.39 is 26.1 Å². The quantitative estimate of drug-likeness (QED) is 0.162. The molecule has 1 atom stereocenters. The number of rotatable bonds is 12. The molecule has 0 radical (unpaired) electrons. The highest BCUT2D eigenvalue weighted by atomic mass is 32.2. The van der Waals surface area contributed by atoms with Gasteiger partial charge in [-0.15, -0.1) is 0 Å². The number of aromatic carboxylic acids is 1. The minimum Gasteiger partial charge on any atom is -0.477 e. The molecule has 46 heavy (non-hydrogen) atoms. The topological polar surface area (TPSA) is 193 Å². The van der Waals surface area contributed by atoms with E-state index in [1.54, 1.807) is 25.2 Å². The fraction of sp³-hybridized carbons (Fsp3) is 0.710. The van der Waals surface area contributed by atoms with Crippen molar-refractivity contribution in [2.75, 3.05) is 47.8 Å². The molecule has 272 valence electrons. The molecule has 1 saturated carbocycles. The average molecular weight is 696 g/mol. The molecule has 15 heteroatoms. The predicted molar refractivity (Wildman–Crippen MR) is 194 cm³/mol. The van der Waals surface area contributed by atoms with E-state index in [9.17, 15) is 27.3 Å². The Morgan fingerprint density at radius 2 is 1.57 bits per heavy atom. The van der Waals surface area contributed by atoms with Crippen LogP contribution in [0.15, 0.2) is 24.5 Å². The lowest BCUT2D eigenvalue weighted by Gasteiger charge is -2.30. The minimum absolute atomic E-state index is 0.0746. The molecular weight excluding hydrogens is 631 g/mol. The van der Waals surface area contributed by atoms with E-state index in [1.165, 1.54) is 16.6 Å². The maximum absolute atomic E-state index is 12.6. The van der Waals surface area contributed by atoms with Crippen LogP contribution in [0.2, 0.25) is 0 Å². The highest BCUT2D eigenvalue weighted by molar-refractivity contribution is 7.96. The smallest absolute Gasteiger partial charge is 0.353 e. The molecule has 0 saturated heterocycles. The fourth-order valence-electron chi connectivity index (χ4n) is 4.15. The van der Waals surface area contributed by atoms with Gasteiger partial charge < -0.3 is 20.6 Å². The molecule has 1 aliphatic rings. The van der Waals surface area contributed by atoms with E-state index in [0.717, 1.165) is 19.5 Å². The summed E-state index contributed by atoms with van der Waals surface area (Å²) >= 11 is 0. The highest BCUT2D eigenvalue weighted by Gasteiger charge is 2.32. The number of carboxylic acid groups (broad SMARTS) is 1. The van der Waals surface area contributed by atoms with Crippen LogP contribution in [0.1, 0.15) is 103 Å². The van der Waals surface area contributed by atoms with Crippen molar-refractivity contribution in [1.82, 2.24) is 23.8 Å². The van der Waals surface area contributed by atoms with Crippen molar-refractivity contribution in [3.63, 3.8) is 0 Å². The molecule has 1 aromatic heterocycles. The summed E-state index contributed by atoms with van der Waals surface area (Å²) in [7, 11) is 0.530. The number of aromatic nitrogens is 1. The number of carboxylic acids is 1.